The van der Waals surface area contributed by atoms with Gasteiger partial charge in [0.15, 0.2) is 0 Å². The van der Waals surface area contributed by atoms with Crippen LogP contribution in [0.3, 0.4) is 0 Å². The number of hydrogen-bond acceptors (Lipinski definition) is 4. The molecular formula is C11H21NO3. The Balaban J connectivity index is 2.11. The molecule has 0 amide bonds. The van der Waals surface area contributed by atoms with Gasteiger partial charge in [-0.1, -0.05) is 13.3 Å². The summed E-state index contributed by atoms with van der Waals surface area (Å²) in [4.78, 5) is 11.4. The molecule has 1 rings (SSSR count). The van der Waals surface area contributed by atoms with Gasteiger partial charge >= 0.3 is 5.97 Å². The van der Waals surface area contributed by atoms with Gasteiger partial charge in [0.1, 0.15) is 6.61 Å². The first-order valence-electron chi connectivity index (χ1n) is 5.73. The molecule has 15 heavy (non-hydrogen) atoms. The molecule has 1 fully saturated rings. The highest BCUT2D eigenvalue weighted by molar-refractivity contribution is 5.69. The molecule has 0 bridgehead atoms. The molecule has 1 aliphatic rings. The third kappa shape index (κ3) is 4.62. The fourth-order valence-electron chi connectivity index (χ4n) is 1.65. The number of esters is 1. The molecule has 0 aliphatic carbocycles. The Morgan fingerprint density at radius 1 is 1.67 bits per heavy atom. The molecule has 0 aromatic heterocycles. The molecule has 1 heterocycles. The van der Waals surface area contributed by atoms with Crippen LogP contribution in [0.1, 0.15) is 32.6 Å². The smallest absolute Gasteiger partial charge is 0.306 e. The fourth-order valence-corrected chi connectivity index (χ4v) is 1.65. The van der Waals surface area contributed by atoms with E-state index < -0.39 is 0 Å². The minimum absolute atomic E-state index is 0.118. The largest absolute Gasteiger partial charge is 0.463 e. The Labute approximate surface area is 91.1 Å². The summed E-state index contributed by atoms with van der Waals surface area (Å²) >= 11 is 0. The van der Waals surface area contributed by atoms with Gasteiger partial charge in [0.05, 0.1) is 6.10 Å². The van der Waals surface area contributed by atoms with E-state index in [1.54, 1.807) is 0 Å². The molecule has 4 heteroatoms. The van der Waals surface area contributed by atoms with Crippen molar-refractivity contribution >= 4 is 5.97 Å². The number of rotatable bonds is 6. The minimum Gasteiger partial charge on any atom is -0.463 e. The van der Waals surface area contributed by atoms with Crippen LogP contribution in [0.25, 0.3) is 0 Å². The van der Waals surface area contributed by atoms with E-state index in [0.717, 1.165) is 25.9 Å². The second kappa shape index (κ2) is 6.80. The van der Waals surface area contributed by atoms with Gasteiger partial charge in [-0.05, 0) is 25.3 Å². The van der Waals surface area contributed by atoms with Gasteiger partial charge in [0, 0.05) is 13.0 Å². The number of ether oxygens (including phenoxy) is 2. The lowest BCUT2D eigenvalue weighted by Crippen LogP contribution is -2.22. The fraction of sp³-hybridized carbons (Fsp3) is 0.909. The number of carbonyl (C=O) groups is 1. The van der Waals surface area contributed by atoms with E-state index in [4.69, 9.17) is 15.2 Å². The van der Waals surface area contributed by atoms with Gasteiger partial charge < -0.3 is 15.2 Å². The van der Waals surface area contributed by atoms with Crippen molar-refractivity contribution in [2.75, 3.05) is 19.8 Å². The molecule has 2 unspecified atom stereocenters. The third-order valence-corrected chi connectivity index (χ3v) is 2.82. The van der Waals surface area contributed by atoms with E-state index in [1.807, 2.05) is 6.92 Å². The van der Waals surface area contributed by atoms with E-state index in [0.29, 0.717) is 19.6 Å². The summed E-state index contributed by atoms with van der Waals surface area (Å²) in [6.07, 6.45) is 3.54. The summed E-state index contributed by atoms with van der Waals surface area (Å²) in [6, 6.07) is 0. The average Bonchev–Trinajstić information content (AvgIpc) is 2.75. The SMILES string of the molecule is CCC(CN)CC(=O)OCC1CCCO1. The molecule has 0 aromatic rings. The zero-order valence-electron chi connectivity index (χ0n) is 9.41. The molecule has 0 aromatic carbocycles. The lowest BCUT2D eigenvalue weighted by molar-refractivity contribution is -0.147. The Kier molecular flexibility index (Phi) is 5.65. The highest BCUT2D eigenvalue weighted by Crippen LogP contribution is 2.13. The van der Waals surface area contributed by atoms with Crippen LogP contribution in [-0.2, 0) is 14.3 Å². The molecule has 0 radical (unpaired) electrons. The summed E-state index contributed by atoms with van der Waals surface area (Å²) in [6.45, 7) is 3.78. The Hall–Kier alpha value is -0.610. The van der Waals surface area contributed by atoms with Crippen molar-refractivity contribution in [2.45, 2.75) is 38.7 Å². The number of hydrogen-bond donors (Lipinski definition) is 1. The first kappa shape index (κ1) is 12.5. The van der Waals surface area contributed by atoms with Gasteiger partial charge in [0.2, 0.25) is 0 Å². The monoisotopic (exact) mass is 215 g/mol. The van der Waals surface area contributed by atoms with Gasteiger partial charge in [0.25, 0.3) is 0 Å². The van der Waals surface area contributed by atoms with E-state index >= 15 is 0 Å². The molecule has 2 N–H and O–H groups in total. The van der Waals surface area contributed by atoms with Crippen molar-refractivity contribution in [1.29, 1.82) is 0 Å². The maximum atomic E-state index is 11.4. The first-order valence-corrected chi connectivity index (χ1v) is 5.73. The first-order chi connectivity index (χ1) is 7.26. The topological polar surface area (TPSA) is 61.6 Å². The molecule has 1 aliphatic heterocycles. The highest BCUT2D eigenvalue weighted by Gasteiger charge is 2.18. The van der Waals surface area contributed by atoms with E-state index in [9.17, 15) is 4.79 Å². The quantitative estimate of drug-likeness (QED) is 0.674. The van der Waals surface area contributed by atoms with Crippen LogP contribution >= 0.6 is 0 Å². The number of nitrogens with two attached hydrogens (primary N) is 1. The normalized spacial score (nSPS) is 22.7. The van der Waals surface area contributed by atoms with Crippen molar-refractivity contribution in [2.24, 2.45) is 11.7 Å². The lowest BCUT2D eigenvalue weighted by atomic mass is 10.0. The van der Waals surface area contributed by atoms with Gasteiger partial charge in [-0.15, -0.1) is 0 Å². The third-order valence-electron chi connectivity index (χ3n) is 2.82. The van der Waals surface area contributed by atoms with Crippen LogP contribution in [-0.4, -0.2) is 31.8 Å². The molecule has 1 saturated heterocycles. The second-order valence-electron chi connectivity index (χ2n) is 4.03. The molecule has 88 valence electrons. The van der Waals surface area contributed by atoms with Crippen LogP contribution in [0.2, 0.25) is 0 Å². The van der Waals surface area contributed by atoms with Gasteiger partial charge in [-0.25, -0.2) is 0 Å². The summed E-state index contributed by atoms with van der Waals surface area (Å²) < 4.78 is 10.5. The minimum atomic E-state index is -0.150. The molecule has 0 spiro atoms. The Morgan fingerprint density at radius 3 is 3.00 bits per heavy atom. The number of carbonyl (C=O) groups excluding carboxylic acids is 1. The Bertz CT molecular complexity index is 186. The van der Waals surface area contributed by atoms with Crippen LogP contribution in [0, 0.1) is 5.92 Å². The van der Waals surface area contributed by atoms with Crippen LogP contribution in [0.15, 0.2) is 0 Å². The maximum absolute atomic E-state index is 11.4. The van der Waals surface area contributed by atoms with Gasteiger partial charge in [-0.3, -0.25) is 4.79 Å². The standard InChI is InChI=1S/C11H21NO3/c1-2-9(7-12)6-11(13)15-8-10-4-3-5-14-10/h9-10H,2-8,12H2,1H3. The van der Waals surface area contributed by atoms with Crippen LogP contribution in [0.4, 0.5) is 0 Å². The van der Waals surface area contributed by atoms with Crippen molar-refractivity contribution in [3.05, 3.63) is 0 Å². The van der Waals surface area contributed by atoms with Crippen LogP contribution < -0.4 is 5.73 Å². The van der Waals surface area contributed by atoms with Crippen molar-refractivity contribution in [3.8, 4) is 0 Å². The van der Waals surface area contributed by atoms with E-state index in [1.165, 1.54) is 0 Å². The predicted octanol–water partition coefficient (Wildman–Crippen LogP) is 1.08. The van der Waals surface area contributed by atoms with E-state index in [-0.39, 0.29) is 18.0 Å². The highest BCUT2D eigenvalue weighted by atomic mass is 16.6. The average molecular weight is 215 g/mol. The molecule has 0 saturated carbocycles. The summed E-state index contributed by atoms with van der Waals surface area (Å²) in [5, 5.41) is 0. The summed E-state index contributed by atoms with van der Waals surface area (Å²) in [7, 11) is 0. The zero-order chi connectivity index (χ0) is 11.1. The summed E-state index contributed by atoms with van der Waals surface area (Å²) in [5.41, 5.74) is 5.52. The maximum Gasteiger partial charge on any atom is 0.306 e. The summed E-state index contributed by atoms with van der Waals surface area (Å²) in [5.74, 6) is 0.102. The Morgan fingerprint density at radius 2 is 2.47 bits per heavy atom. The second-order valence-corrected chi connectivity index (χ2v) is 4.03. The van der Waals surface area contributed by atoms with Crippen molar-refractivity contribution < 1.29 is 14.3 Å². The molecule has 2 atom stereocenters. The zero-order valence-corrected chi connectivity index (χ0v) is 9.41. The predicted molar refractivity (Wildman–Crippen MR) is 57.4 cm³/mol. The van der Waals surface area contributed by atoms with E-state index in [2.05, 4.69) is 0 Å². The molecular weight excluding hydrogens is 194 g/mol. The molecule has 4 nitrogen and oxygen atoms in total. The lowest BCUT2D eigenvalue weighted by Gasteiger charge is -2.13. The van der Waals surface area contributed by atoms with Crippen LogP contribution in [0.5, 0.6) is 0 Å². The van der Waals surface area contributed by atoms with Crippen molar-refractivity contribution in [3.63, 3.8) is 0 Å². The van der Waals surface area contributed by atoms with Crippen molar-refractivity contribution in [1.82, 2.24) is 0 Å². The van der Waals surface area contributed by atoms with Gasteiger partial charge in [-0.2, -0.15) is 0 Å².